The molecule has 0 unspecified atom stereocenters. The maximum absolute atomic E-state index is 12.9. The molecule has 7 heteroatoms. The van der Waals surface area contributed by atoms with Gasteiger partial charge in [-0.2, -0.15) is 5.10 Å². The number of anilines is 2. The number of piperazine rings is 1. The Labute approximate surface area is 191 Å². The molecule has 1 aromatic heterocycles. The lowest BCUT2D eigenvalue weighted by molar-refractivity contribution is 0.102. The van der Waals surface area contributed by atoms with Crippen LogP contribution in [0.25, 0.3) is 10.9 Å². The lowest BCUT2D eigenvalue weighted by atomic mass is 10.1. The van der Waals surface area contributed by atoms with E-state index in [2.05, 4.69) is 56.6 Å². The highest BCUT2D eigenvalue weighted by Gasteiger charge is 2.16. The fourth-order valence-electron chi connectivity index (χ4n) is 3.84. The Morgan fingerprint density at radius 1 is 0.938 bits per heavy atom. The number of likely N-dealkylation sites (N-methyl/N-ethyl adjacent to an activating group) is 1. The zero-order valence-corrected chi connectivity index (χ0v) is 18.7. The summed E-state index contributed by atoms with van der Waals surface area (Å²) in [4.78, 5) is 19.8. The molecule has 0 spiro atoms. The molecule has 1 aliphatic rings. The van der Waals surface area contributed by atoms with Gasteiger partial charge >= 0.3 is 0 Å². The van der Waals surface area contributed by atoms with E-state index in [1.54, 1.807) is 11.8 Å². The lowest BCUT2D eigenvalue weighted by Crippen LogP contribution is -2.44. The van der Waals surface area contributed by atoms with Crippen molar-refractivity contribution in [3.05, 3.63) is 78.4 Å². The van der Waals surface area contributed by atoms with Crippen molar-refractivity contribution in [2.24, 2.45) is 0 Å². The first kappa shape index (κ1) is 20.6. The molecule has 1 amide bonds. The van der Waals surface area contributed by atoms with E-state index in [0.717, 1.165) is 47.7 Å². The fourth-order valence-corrected chi connectivity index (χ4v) is 4.72. The first-order valence-electron chi connectivity index (χ1n) is 10.7. The van der Waals surface area contributed by atoms with E-state index in [1.165, 1.54) is 4.90 Å². The van der Waals surface area contributed by atoms with Crippen LogP contribution in [0.2, 0.25) is 0 Å². The second-order valence-corrected chi connectivity index (χ2v) is 9.13. The number of aromatic nitrogens is 2. The summed E-state index contributed by atoms with van der Waals surface area (Å²) in [7, 11) is 2.15. The summed E-state index contributed by atoms with van der Waals surface area (Å²) in [5.74, 6) is 0.382. The predicted octanol–water partition coefficient (Wildman–Crippen LogP) is 4.72. The number of hydrogen-bond donors (Lipinski definition) is 2. The molecule has 4 aromatic rings. The maximum Gasteiger partial charge on any atom is 0.256 e. The third kappa shape index (κ3) is 4.49. The van der Waals surface area contributed by atoms with Crippen molar-refractivity contribution in [2.45, 2.75) is 9.79 Å². The Balaban J connectivity index is 1.30. The van der Waals surface area contributed by atoms with Crippen LogP contribution in [0, 0.1) is 0 Å². The quantitative estimate of drug-likeness (QED) is 0.467. The van der Waals surface area contributed by atoms with Crippen LogP contribution in [-0.2, 0) is 0 Å². The molecule has 0 saturated carbocycles. The summed E-state index contributed by atoms with van der Waals surface area (Å²) in [6.07, 6.45) is 0. The first-order valence-corrected chi connectivity index (χ1v) is 11.5. The van der Waals surface area contributed by atoms with Crippen molar-refractivity contribution >= 4 is 40.1 Å². The van der Waals surface area contributed by atoms with Crippen LogP contribution in [0.3, 0.4) is 0 Å². The van der Waals surface area contributed by atoms with Gasteiger partial charge < -0.3 is 15.1 Å². The summed E-state index contributed by atoms with van der Waals surface area (Å²) in [6.45, 7) is 4.12. The molecule has 0 aliphatic carbocycles. The summed E-state index contributed by atoms with van der Waals surface area (Å²) in [6, 6.07) is 24.2. The molecular weight excluding hydrogens is 418 g/mol. The second-order valence-electron chi connectivity index (χ2n) is 7.99. The van der Waals surface area contributed by atoms with Gasteiger partial charge in [-0.3, -0.25) is 9.89 Å². The van der Waals surface area contributed by atoms with Gasteiger partial charge in [0.1, 0.15) is 0 Å². The SMILES string of the molecule is CN1CCN(c2ccc(C(=O)Nc3n[nH]c4ccc(Sc5ccccc5)cc34)cc2)CC1. The van der Waals surface area contributed by atoms with Gasteiger partial charge in [0.15, 0.2) is 5.82 Å². The monoisotopic (exact) mass is 443 g/mol. The van der Waals surface area contributed by atoms with Gasteiger partial charge in [0.2, 0.25) is 0 Å². The van der Waals surface area contributed by atoms with E-state index in [0.29, 0.717) is 11.4 Å². The molecule has 1 saturated heterocycles. The third-order valence-electron chi connectivity index (χ3n) is 5.74. The van der Waals surface area contributed by atoms with Crippen molar-refractivity contribution in [3.8, 4) is 0 Å². The van der Waals surface area contributed by atoms with Crippen LogP contribution >= 0.6 is 11.8 Å². The van der Waals surface area contributed by atoms with E-state index < -0.39 is 0 Å². The van der Waals surface area contributed by atoms with Crippen molar-refractivity contribution in [3.63, 3.8) is 0 Å². The van der Waals surface area contributed by atoms with Gasteiger partial charge in [-0.15, -0.1) is 0 Å². The summed E-state index contributed by atoms with van der Waals surface area (Å²) < 4.78 is 0. The van der Waals surface area contributed by atoms with Crippen molar-refractivity contribution in [1.82, 2.24) is 15.1 Å². The number of rotatable bonds is 5. The van der Waals surface area contributed by atoms with Crippen LogP contribution < -0.4 is 10.2 Å². The molecule has 2 heterocycles. The molecule has 162 valence electrons. The van der Waals surface area contributed by atoms with E-state index in [-0.39, 0.29) is 5.91 Å². The number of nitrogens with zero attached hydrogens (tertiary/aromatic N) is 3. The second kappa shape index (κ2) is 9.06. The number of carbonyl (C=O) groups excluding carboxylic acids is 1. The molecule has 0 atom stereocenters. The molecule has 32 heavy (non-hydrogen) atoms. The van der Waals surface area contributed by atoms with Crippen LogP contribution in [0.5, 0.6) is 0 Å². The molecule has 0 radical (unpaired) electrons. The zero-order valence-electron chi connectivity index (χ0n) is 17.9. The largest absolute Gasteiger partial charge is 0.369 e. The Bertz CT molecular complexity index is 1210. The van der Waals surface area contributed by atoms with Gasteiger partial charge in [-0.05, 0) is 61.6 Å². The van der Waals surface area contributed by atoms with Gasteiger partial charge in [0.25, 0.3) is 5.91 Å². The number of nitrogens with one attached hydrogen (secondary N) is 2. The molecule has 5 rings (SSSR count). The number of benzene rings is 3. The first-order chi connectivity index (χ1) is 15.7. The van der Waals surface area contributed by atoms with Crippen molar-refractivity contribution in [2.75, 3.05) is 43.4 Å². The average molecular weight is 444 g/mol. The van der Waals surface area contributed by atoms with E-state index >= 15 is 0 Å². The molecule has 0 bridgehead atoms. The van der Waals surface area contributed by atoms with Crippen LogP contribution in [0.1, 0.15) is 10.4 Å². The van der Waals surface area contributed by atoms with Gasteiger partial charge in [0, 0.05) is 52.6 Å². The number of H-pyrrole nitrogens is 1. The lowest BCUT2D eigenvalue weighted by Gasteiger charge is -2.34. The minimum Gasteiger partial charge on any atom is -0.369 e. The number of aromatic amines is 1. The zero-order chi connectivity index (χ0) is 21.9. The highest BCUT2D eigenvalue weighted by Crippen LogP contribution is 2.31. The normalized spacial score (nSPS) is 14.6. The standard InChI is InChI=1S/C25H25N5OS/c1-29-13-15-30(16-14-29)19-9-7-18(8-10-19)25(31)26-24-22-17-21(11-12-23(22)27-28-24)32-20-5-3-2-4-6-20/h2-12,17H,13-16H2,1H3,(H2,26,27,28,31). The smallest absolute Gasteiger partial charge is 0.256 e. The Hall–Kier alpha value is -3.29. The average Bonchev–Trinajstić information content (AvgIpc) is 3.22. The molecule has 1 aliphatic heterocycles. The van der Waals surface area contributed by atoms with E-state index in [4.69, 9.17) is 0 Å². The Kier molecular flexibility index (Phi) is 5.83. The van der Waals surface area contributed by atoms with Crippen molar-refractivity contribution < 1.29 is 4.79 Å². The minimum atomic E-state index is -0.163. The van der Waals surface area contributed by atoms with Gasteiger partial charge in [-0.25, -0.2) is 0 Å². The number of amides is 1. The van der Waals surface area contributed by atoms with Crippen LogP contribution in [-0.4, -0.2) is 54.2 Å². The number of hydrogen-bond acceptors (Lipinski definition) is 5. The molecule has 1 fully saturated rings. The van der Waals surface area contributed by atoms with Crippen LogP contribution in [0.4, 0.5) is 11.5 Å². The molecule has 2 N–H and O–H groups in total. The number of fused-ring (bicyclic) bond motifs is 1. The Morgan fingerprint density at radius 3 is 2.44 bits per heavy atom. The minimum absolute atomic E-state index is 0.163. The molecule has 6 nitrogen and oxygen atoms in total. The fraction of sp³-hybridized carbons (Fsp3) is 0.200. The molecule has 3 aromatic carbocycles. The summed E-state index contributed by atoms with van der Waals surface area (Å²) in [5, 5.41) is 11.2. The maximum atomic E-state index is 12.9. The highest BCUT2D eigenvalue weighted by atomic mass is 32.2. The number of carbonyl (C=O) groups is 1. The van der Waals surface area contributed by atoms with E-state index in [9.17, 15) is 4.79 Å². The highest BCUT2D eigenvalue weighted by molar-refractivity contribution is 7.99. The molecular formula is C25H25N5OS. The van der Waals surface area contributed by atoms with Crippen LogP contribution in [0.15, 0.2) is 82.6 Å². The third-order valence-corrected chi connectivity index (χ3v) is 6.74. The van der Waals surface area contributed by atoms with E-state index in [1.807, 2.05) is 48.5 Å². The van der Waals surface area contributed by atoms with Crippen molar-refractivity contribution in [1.29, 1.82) is 0 Å². The Morgan fingerprint density at radius 2 is 1.69 bits per heavy atom. The topological polar surface area (TPSA) is 64.3 Å². The van der Waals surface area contributed by atoms with Gasteiger partial charge in [-0.1, -0.05) is 30.0 Å². The van der Waals surface area contributed by atoms with Gasteiger partial charge in [0.05, 0.1) is 5.52 Å². The summed E-state index contributed by atoms with van der Waals surface area (Å²) >= 11 is 1.68. The predicted molar refractivity (Wildman–Crippen MR) is 131 cm³/mol. The summed E-state index contributed by atoms with van der Waals surface area (Å²) in [5.41, 5.74) is 2.67.